The number of hydrogen-bond donors (Lipinski definition) is 0. The van der Waals surface area contributed by atoms with Gasteiger partial charge in [-0.25, -0.2) is 0 Å². The molecule has 0 radical (unpaired) electrons. The molecule has 0 aliphatic rings. The fourth-order valence-corrected chi connectivity index (χ4v) is 1.99. The van der Waals surface area contributed by atoms with Crippen molar-refractivity contribution in [2.45, 2.75) is 11.8 Å². The molecule has 0 bridgehead atoms. The summed E-state index contributed by atoms with van der Waals surface area (Å²) in [7, 11) is 1.58. The number of rotatable bonds is 5. The van der Waals surface area contributed by atoms with Crippen LogP contribution in [0.1, 0.15) is 22.3 Å². The number of Topliss-reactive ketones (excluding diaryl/α,β-unsaturated/α-hetero) is 1. The summed E-state index contributed by atoms with van der Waals surface area (Å²) in [5.74, 6) is 0.747. The topological polar surface area (TPSA) is 26.3 Å². The summed E-state index contributed by atoms with van der Waals surface area (Å²) >= 11 is 6.62. The SMILES string of the molecule is COc1ccc(CBr)cc1C(=O)CCBr. The average Bonchev–Trinajstić information content (AvgIpc) is 2.28. The third-order valence-corrected chi connectivity index (χ3v) is 3.08. The quantitative estimate of drug-likeness (QED) is 0.607. The van der Waals surface area contributed by atoms with E-state index in [1.54, 1.807) is 7.11 Å². The molecule has 0 aliphatic carbocycles. The number of methoxy groups -OCH3 is 1. The first-order chi connectivity index (χ1) is 7.22. The highest BCUT2D eigenvalue weighted by Crippen LogP contribution is 2.22. The maximum Gasteiger partial charge on any atom is 0.167 e. The van der Waals surface area contributed by atoms with Gasteiger partial charge in [0.15, 0.2) is 5.78 Å². The van der Waals surface area contributed by atoms with E-state index in [9.17, 15) is 4.79 Å². The van der Waals surface area contributed by atoms with E-state index in [2.05, 4.69) is 31.9 Å². The molecule has 82 valence electrons. The number of hydrogen-bond acceptors (Lipinski definition) is 2. The summed E-state index contributed by atoms with van der Waals surface area (Å²) < 4.78 is 5.16. The van der Waals surface area contributed by atoms with E-state index < -0.39 is 0 Å². The number of carbonyl (C=O) groups excluding carboxylic acids is 1. The van der Waals surface area contributed by atoms with Crippen molar-refractivity contribution in [1.29, 1.82) is 0 Å². The summed E-state index contributed by atoms with van der Waals surface area (Å²) in [5, 5.41) is 1.42. The number of alkyl halides is 2. The first-order valence-corrected chi connectivity index (χ1v) is 6.79. The second-order valence-corrected chi connectivity index (χ2v) is 4.38. The molecule has 0 saturated heterocycles. The molecular formula is C11H12Br2O2. The van der Waals surface area contributed by atoms with Crippen LogP contribution in [0.3, 0.4) is 0 Å². The zero-order valence-electron chi connectivity index (χ0n) is 8.43. The number of carbonyl (C=O) groups is 1. The van der Waals surface area contributed by atoms with Gasteiger partial charge in [-0.2, -0.15) is 0 Å². The molecule has 0 atom stereocenters. The third-order valence-electron chi connectivity index (χ3n) is 2.04. The van der Waals surface area contributed by atoms with Crippen LogP contribution in [0.5, 0.6) is 5.75 Å². The molecule has 0 N–H and O–H groups in total. The predicted molar refractivity (Wildman–Crippen MR) is 68.4 cm³/mol. The van der Waals surface area contributed by atoms with Gasteiger partial charge in [-0.3, -0.25) is 4.79 Å². The zero-order chi connectivity index (χ0) is 11.3. The molecule has 0 heterocycles. The fourth-order valence-electron chi connectivity index (χ4n) is 1.28. The van der Waals surface area contributed by atoms with Gasteiger partial charge in [0.05, 0.1) is 12.7 Å². The third kappa shape index (κ3) is 3.31. The normalized spacial score (nSPS) is 10.1. The fraction of sp³-hybridized carbons (Fsp3) is 0.364. The minimum Gasteiger partial charge on any atom is -0.496 e. The number of benzene rings is 1. The summed E-state index contributed by atoms with van der Waals surface area (Å²) in [4.78, 5) is 11.8. The monoisotopic (exact) mass is 334 g/mol. The lowest BCUT2D eigenvalue weighted by molar-refractivity contribution is 0.0987. The molecule has 1 rings (SSSR count). The van der Waals surface area contributed by atoms with Crippen molar-refractivity contribution in [3.8, 4) is 5.75 Å². The van der Waals surface area contributed by atoms with Crippen LogP contribution in [0.4, 0.5) is 0 Å². The maximum absolute atomic E-state index is 11.8. The first-order valence-electron chi connectivity index (χ1n) is 4.55. The lowest BCUT2D eigenvalue weighted by Gasteiger charge is -2.08. The first kappa shape index (κ1) is 12.7. The van der Waals surface area contributed by atoms with E-state index >= 15 is 0 Å². The van der Waals surface area contributed by atoms with Gasteiger partial charge in [-0.1, -0.05) is 37.9 Å². The van der Waals surface area contributed by atoms with Crippen LogP contribution < -0.4 is 4.74 Å². The Labute approximate surface area is 106 Å². The lowest BCUT2D eigenvalue weighted by atomic mass is 10.1. The van der Waals surface area contributed by atoms with Gasteiger partial charge in [0.25, 0.3) is 0 Å². The van der Waals surface area contributed by atoms with Crippen LogP contribution in [0.25, 0.3) is 0 Å². The molecular weight excluding hydrogens is 324 g/mol. The van der Waals surface area contributed by atoms with Crippen LogP contribution in [-0.4, -0.2) is 18.2 Å². The molecule has 0 aromatic heterocycles. The number of ketones is 1. The Hall–Kier alpha value is -0.350. The largest absolute Gasteiger partial charge is 0.496 e. The van der Waals surface area contributed by atoms with Gasteiger partial charge in [-0.15, -0.1) is 0 Å². The Morgan fingerprint density at radius 2 is 2.13 bits per heavy atom. The molecule has 0 fully saturated rings. The Morgan fingerprint density at radius 1 is 1.40 bits per heavy atom. The number of ether oxygens (including phenoxy) is 1. The highest BCUT2D eigenvalue weighted by Gasteiger charge is 2.11. The minimum absolute atomic E-state index is 0.103. The second kappa shape index (κ2) is 6.28. The summed E-state index contributed by atoms with van der Waals surface area (Å²) in [5.41, 5.74) is 1.74. The van der Waals surface area contributed by atoms with Gasteiger partial charge in [-0.05, 0) is 17.7 Å². The van der Waals surface area contributed by atoms with Gasteiger partial charge in [0.1, 0.15) is 5.75 Å². The highest BCUT2D eigenvalue weighted by molar-refractivity contribution is 9.09. The van der Waals surface area contributed by atoms with Crippen molar-refractivity contribution in [3.63, 3.8) is 0 Å². The summed E-state index contributed by atoms with van der Waals surface area (Å²) in [6.07, 6.45) is 0.488. The van der Waals surface area contributed by atoms with E-state index in [1.165, 1.54) is 0 Å². The Bertz CT molecular complexity index is 350. The van der Waals surface area contributed by atoms with Crippen LogP contribution in [0, 0.1) is 0 Å². The van der Waals surface area contributed by atoms with Gasteiger partial charge < -0.3 is 4.74 Å². The molecule has 0 spiro atoms. The molecule has 1 aromatic rings. The summed E-state index contributed by atoms with van der Waals surface area (Å²) in [6.45, 7) is 0. The maximum atomic E-state index is 11.8. The zero-order valence-corrected chi connectivity index (χ0v) is 11.6. The van der Waals surface area contributed by atoms with Crippen molar-refractivity contribution in [1.82, 2.24) is 0 Å². The predicted octanol–water partition coefficient (Wildman–Crippen LogP) is 3.56. The van der Waals surface area contributed by atoms with Gasteiger partial charge in [0.2, 0.25) is 0 Å². The molecule has 0 amide bonds. The smallest absolute Gasteiger partial charge is 0.167 e. The molecule has 0 unspecified atom stereocenters. The molecule has 4 heteroatoms. The average molecular weight is 336 g/mol. The van der Waals surface area contributed by atoms with Crippen LogP contribution in [0.2, 0.25) is 0 Å². The Kier molecular flexibility index (Phi) is 5.32. The van der Waals surface area contributed by atoms with Crippen LogP contribution in [0.15, 0.2) is 18.2 Å². The van der Waals surface area contributed by atoms with Crippen LogP contribution in [-0.2, 0) is 5.33 Å². The Morgan fingerprint density at radius 3 is 2.67 bits per heavy atom. The van der Waals surface area contributed by atoms with Crippen molar-refractivity contribution in [3.05, 3.63) is 29.3 Å². The molecule has 15 heavy (non-hydrogen) atoms. The molecule has 0 saturated carbocycles. The van der Waals surface area contributed by atoms with Gasteiger partial charge in [0, 0.05) is 17.1 Å². The van der Waals surface area contributed by atoms with E-state index in [-0.39, 0.29) is 5.78 Å². The van der Waals surface area contributed by atoms with E-state index in [0.717, 1.165) is 10.9 Å². The van der Waals surface area contributed by atoms with E-state index in [0.29, 0.717) is 23.1 Å². The highest BCUT2D eigenvalue weighted by atomic mass is 79.9. The Balaban J connectivity index is 3.05. The lowest BCUT2D eigenvalue weighted by Crippen LogP contribution is -2.03. The molecule has 0 aliphatic heterocycles. The van der Waals surface area contributed by atoms with Crippen molar-refractivity contribution in [2.75, 3.05) is 12.4 Å². The molecule has 1 aromatic carbocycles. The standard InChI is InChI=1S/C11H12Br2O2/c1-15-11-3-2-8(7-13)6-9(11)10(14)4-5-12/h2-3,6H,4-5,7H2,1H3. The van der Waals surface area contributed by atoms with Gasteiger partial charge >= 0.3 is 0 Å². The summed E-state index contributed by atoms with van der Waals surface area (Å²) in [6, 6.07) is 5.65. The van der Waals surface area contributed by atoms with Crippen molar-refractivity contribution >= 4 is 37.6 Å². The van der Waals surface area contributed by atoms with Crippen molar-refractivity contribution < 1.29 is 9.53 Å². The van der Waals surface area contributed by atoms with Crippen LogP contribution >= 0.6 is 31.9 Å². The van der Waals surface area contributed by atoms with E-state index in [1.807, 2.05) is 18.2 Å². The van der Waals surface area contributed by atoms with Crippen molar-refractivity contribution in [2.24, 2.45) is 0 Å². The van der Waals surface area contributed by atoms with E-state index in [4.69, 9.17) is 4.74 Å². The minimum atomic E-state index is 0.103. The second-order valence-electron chi connectivity index (χ2n) is 3.03. The molecule has 2 nitrogen and oxygen atoms in total. The number of halogens is 2.